The van der Waals surface area contributed by atoms with Gasteiger partial charge in [-0.3, -0.25) is 4.79 Å². The van der Waals surface area contributed by atoms with Crippen LogP contribution in [0, 0.1) is 0 Å². The summed E-state index contributed by atoms with van der Waals surface area (Å²) in [6, 6.07) is 10.3. The highest BCUT2D eigenvalue weighted by atomic mass is 35.5. The Balaban J connectivity index is 0.00000220. The van der Waals surface area contributed by atoms with Gasteiger partial charge in [-0.2, -0.15) is 0 Å². The van der Waals surface area contributed by atoms with Crippen LogP contribution in [-0.2, 0) is 4.79 Å². The first kappa shape index (κ1) is 21.0. The fourth-order valence-electron chi connectivity index (χ4n) is 2.74. The molecule has 0 spiro atoms. The van der Waals surface area contributed by atoms with Gasteiger partial charge in [-0.05, 0) is 31.4 Å². The first-order valence-electron chi connectivity index (χ1n) is 7.45. The van der Waals surface area contributed by atoms with Crippen molar-refractivity contribution in [2.75, 3.05) is 25.0 Å². The Labute approximate surface area is 145 Å². The molecule has 0 radical (unpaired) electrons. The number of halogens is 2. The SMILES string of the molecule is CN(CCCNC(=O)C1(N)CCCC1)c1ccccc1.Cl.Cl. The van der Waals surface area contributed by atoms with Crippen LogP contribution in [0.1, 0.15) is 32.1 Å². The third kappa shape index (κ3) is 5.67. The second-order valence-corrected chi connectivity index (χ2v) is 5.73. The average molecular weight is 348 g/mol. The summed E-state index contributed by atoms with van der Waals surface area (Å²) in [6.07, 6.45) is 4.71. The first-order valence-corrected chi connectivity index (χ1v) is 7.45. The van der Waals surface area contributed by atoms with Crippen LogP contribution in [0.2, 0.25) is 0 Å². The van der Waals surface area contributed by atoms with Crippen LogP contribution in [-0.4, -0.2) is 31.6 Å². The van der Waals surface area contributed by atoms with E-state index in [-0.39, 0.29) is 30.7 Å². The number of hydrogen-bond donors (Lipinski definition) is 2. The fourth-order valence-corrected chi connectivity index (χ4v) is 2.74. The van der Waals surface area contributed by atoms with Crippen molar-refractivity contribution in [1.82, 2.24) is 5.32 Å². The lowest BCUT2D eigenvalue weighted by Crippen LogP contribution is -2.52. The molecular weight excluding hydrogens is 321 g/mol. The summed E-state index contributed by atoms with van der Waals surface area (Å²) >= 11 is 0. The molecular formula is C16H27Cl2N3O. The summed E-state index contributed by atoms with van der Waals surface area (Å²) in [6.45, 7) is 1.61. The van der Waals surface area contributed by atoms with E-state index in [0.29, 0.717) is 6.54 Å². The second kappa shape index (κ2) is 9.93. The number of nitrogens with one attached hydrogen (secondary N) is 1. The van der Waals surface area contributed by atoms with Crippen molar-refractivity contribution in [3.63, 3.8) is 0 Å². The number of nitrogens with zero attached hydrogens (tertiary/aromatic N) is 1. The average Bonchev–Trinajstić information content (AvgIpc) is 2.92. The van der Waals surface area contributed by atoms with Gasteiger partial charge in [-0.1, -0.05) is 31.0 Å². The molecule has 0 aromatic heterocycles. The Morgan fingerprint density at radius 2 is 1.82 bits per heavy atom. The number of para-hydroxylation sites is 1. The molecule has 1 saturated carbocycles. The third-order valence-electron chi connectivity index (χ3n) is 4.10. The molecule has 1 aromatic carbocycles. The highest BCUT2D eigenvalue weighted by Crippen LogP contribution is 2.27. The molecule has 0 heterocycles. The number of carbonyl (C=O) groups excluding carboxylic acids is 1. The van der Waals surface area contributed by atoms with Gasteiger partial charge in [-0.15, -0.1) is 24.8 Å². The molecule has 1 amide bonds. The lowest BCUT2D eigenvalue weighted by molar-refractivity contribution is -0.126. The van der Waals surface area contributed by atoms with Crippen LogP contribution in [0.4, 0.5) is 5.69 Å². The maximum atomic E-state index is 12.0. The van der Waals surface area contributed by atoms with E-state index in [1.54, 1.807) is 0 Å². The maximum Gasteiger partial charge on any atom is 0.240 e. The van der Waals surface area contributed by atoms with Crippen LogP contribution in [0.3, 0.4) is 0 Å². The van der Waals surface area contributed by atoms with Crippen LogP contribution in [0.25, 0.3) is 0 Å². The van der Waals surface area contributed by atoms with E-state index in [9.17, 15) is 4.79 Å². The van der Waals surface area contributed by atoms with E-state index in [4.69, 9.17) is 5.73 Å². The van der Waals surface area contributed by atoms with Gasteiger partial charge in [0.15, 0.2) is 0 Å². The number of rotatable bonds is 6. The molecule has 2 rings (SSSR count). The van der Waals surface area contributed by atoms with Gasteiger partial charge < -0.3 is 16.0 Å². The van der Waals surface area contributed by atoms with Crippen molar-refractivity contribution in [2.24, 2.45) is 5.73 Å². The largest absolute Gasteiger partial charge is 0.375 e. The zero-order chi connectivity index (χ0) is 14.4. The zero-order valence-corrected chi connectivity index (χ0v) is 14.7. The highest BCUT2D eigenvalue weighted by molar-refractivity contribution is 5.86. The predicted octanol–water partition coefficient (Wildman–Crippen LogP) is 2.74. The molecule has 1 fully saturated rings. The van der Waals surface area contributed by atoms with Crippen LogP contribution < -0.4 is 16.0 Å². The maximum absolute atomic E-state index is 12.0. The lowest BCUT2D eigenvalue weighted by Gasteiger charge is -2.23. The summed E-state index contributed by atoms with van der Waals surface area (Å²) in [5.41, 5.74) is 6.71. The van der Waals surface area contributed by atoms with Gasteiger partial charge >= 0.3 is 0 Å². The minimum absolute atomic E-state index is 0. The Morgan fingerprint density at radius 3 is 2.41 bits per heavy atom. The van der Waals surface area contributed by atoms with E-state index in [1.165, 1.54) is 5.69 Å². The normalized spacial score (nSPS) is 15.4. The topological polar surface area (TPSA) is 58.4 Å². The second-order valence-electron chi connectivity index (χ2n) is 5.73. The van der Waals surface area contributed by atoms with Crippen molar-refractivity contribution < 1.29 is 4.79 Å². The third-order valence-corrected chi connectivity index (χ3v) is 4.10. The predicted molar refractivity (Wildman–Crippen MR) is 97.2 cm³/mol. The zero-order valence-electron chi connectivity index (χ0n) is 13.1. The minimum Gasteiger partial charge on any atom is -0.375 e. The molecule has 0 aliphatic heterocycles. The van der Waals surface area contributed by atoms with Gasteiger partial charge in [0.1, 0.15) is 0 Å². The summed E-state index contributed by atoms with van der Waals surface area (Å²) in [5, 5.41) is 2.98. The van der Waals surface area contributed by atoms with E-state index in [2.05, 4.69) is 29.4 Å². The van der Waals surface area contributed by atoms with Crippen molar-refractivity contribution in [1.29, 1.82) is 0 Å². The van der Waals surface area contributed by atoms with E-state index in [1.807, 2.05) is 18.2 Å². The summed E-state index contributed by atoms with van der Waals surface area (Å²) in [5.74, 6) is 0.0253. The standard InChI is InChI=1S/C16H25N3O.2ClH/c1-19(14-8-3-2-4-9-14)13-7-12-18-15(20)16(17)10-5-6-11-16;;/h2-4,8-9H,5-7,10-13,17H2,1H3,(H,18,20);2*1H. The molecule has 0 bridgehead atoms. The van der Waals surface area contributed by atoms with Crippen molar-refractivity contribution >= 4 is 36.4 Å². The summed E-state index contributed by atoms with van der Waals surface area (Å²) in [4.78, 5) is 14.2. The minimum atomic E-state index is -0.606. The van der Waals surface area contributed by atoms with Crippen LogP contribution in [0.5, 0.6) is 0 Å². The molecule has 6 heteroatoms. The quantitative estimate of drug-likeness (QED) is 0.778. The fraction of sp³-hybridized carbons (Fsp3) is 0.562. The first-order chi connectivity index (χ1) is 9.62. The van der Waals surface area contributed by atoms with Gasteiger partial charge in [0.05, 0.1) is 5.54 Å². The molecule has 1 aliphatic rings. The van der Waals surface area contributed by atoms with Gasteiger partial charge in [0, 0.05) is 25.8 Å². The molecule has 3 N–H and O–H groups in total. The molecule has 22 heavy (non-hydrogen) atoms. The Hall–Kier alpha value is -0.970. The van der Waals surface area contributed by atoms with E-state index in [0.717, 1.165) is 38.6 Å². The number of benzene rings is 1. The van der Waals surface area contributed by atoms with Crippen molar-refractivity contribution in [2.45, 2.75) is 37.6 Å². The van der Waals surface area contributed by atoms with E-state index < -0.39 is 5.54 Å². The molecule has 126 valence electrons. The van der Waals surface area contributed by atoms with Crippen molar-refractivity contribution in [3.05, 3.63) is 30.3 Å². The summed E-state index contributed by atoms with van der Waals surface area (Å²) < 4.78 is 0. The Bertz CT molecular complexity index is 436. The number of hydrogen-bond acceptors (Lipinski definition) is 3. The molecule has 0 unspecified atom stereocenters. The number of amides is 1. The highest BCUT2D eigenvalue weighted by Gasteiger charge is 2.36. The van der Waals surface area contributed by atoms with Crippen LogP contribution >= 0.6 is 24.8 Å². The molecule has 0 saturated heterocycles. The summed E-state index contributed by atoms with van der Waals surface area (Å²) in [7, 11) is 2.07. The van der Waals surface area contributed by atoms with Crippen LogP contribution in [0.15, 0.2) is 30.3 Å². The Kier molecular flexibility index (Phi) is 9.49. The van der Waals surface area contributed by atoms with Gasteiger partial charge in [0.25, 0.3) is 0 Å². The van der Waals surface area contributed by atoms with Gasteiger partial charge in [0.2, 0.25) is 5.91 Å². The molecule has 1 aromatic rings. The number of carbonyl (C=O) groups is 1. The molecule has 4 nitrogen and oxygen atoms in total. The van der Waals surface area contributed by atoms with E-state index >= 15 is 0 Å². The molecule has 0 atom stereocenters. The van der Waals surface area contributed by atoms with Crippen molar-refractivity contribution in [3.8, 4) is 0 Å². The smallest absolute Gasteiger partial charge is 0.240 e. The Morgan fingerprint density at radius 1 is 1.23 bits per heavy atom. The molecule has 1 aliphatic carbocycles. The number of anilines is 1. The lowest BCUT2D eigenvalue weighted by atomic mass is 9.98. The van der Waals surface area contributed by atoms with Gasteiger partial charge in [-0.25, -0.2) is 0 Å². The monoisotopic (exact) mass is 347 g/mol. The number of nitrogens with two attached hydrogens (primary N) is 1.